The Kier molecular flexibility index (Phi) is 5.29. The topological polar surface area (TPSA) is 42.0 Å². The number of likely N-dealkylation sites (N-methyl/N-ethyl adjacent to an activating group) is 2. The van der Waals surface area contributed by atoms with Crippen LogP contribution >= 0.6 is 0 Å². The molecule has 0 spiro atoms. The van der Waals surface area contributed by atoms with Crippen molar-refractivity contribution in [3.63, 3.8) is 0 Å². The van der Waals surface area contributed by atoms with E-state index >= 15 is 0 Å². The number of nitrogens with zero attached hydrogens (tertiary/aromatic N) is 2. The van der Waals surface area contributed by atoms with Crippen molar-refractivity contribution >= 4 is 5.91 Å². The second kappa shape index (κ2) is 7.43. The van der Waals surface area contributed by atoms with Crippen LogP contribution in [0.4, 0.5) is 0 Å². The number of hydrogen-bond donors (Lipinski definition) is 0. The van der Waals surface area contributed by atoms with E-state index in [1.807, 2.05) is 37.2 Å². The molecule has 0 atom stereocenters. The lowest BCUT2D eigenvalue weighted by Gasteiger charge is -2.34. The molecule has 5 heteroatoms. The maximum Gasteiger partial charge on any atom is 0.236 e. The highest BCUT2D eigenvalue weighted by Crippen LogP contribution is 2.32. The molecule has 1 aliphatic heterocycles. The van der Waals surface area contributed by atoms with Gasteiger partial charge in [-0.15, -0.1) is 0 Å². The molecule has 1 aromatic rings. The molecule has 0 unspecified atom stereocenters. The molecule has 5 nitrogen and oxygen atoms in total. The van der Waals surface area contributed by atoms with Crippen molar-refractivity contribution in [3.05, 3.63) is 23.8 Å². The van der Waals surface area contributed by atoms with E-state index in [2.05, 4.69) is 11.8 Å². The Morgan fingerprint density at radius 1 is 1.12 bits per heavy atom. The predicted octanol–water partition coefficient (Wildman–Crippen LogP) is 2.88. The highest BCUT2D eigenvalue weighted by atomic mass is 16.7. The van der Waals surface area contributed by atoms with E-state index in [0.29, 0.717) is 12.6 Å². The highest BCUT2D eigenvalue weighted by molar-refractivity contribution is 5.78. The van der Waals surface area contributed by atoms with Gasteiger partial charge in [0, 0.05) is 19.6 Å². The number of hydrogen-bond acceptors (Lipinski definition) is 4. The van der Waals surface area contributed by atoms with Crippen LogP contribution in [0.3, 0.4) is 0 Å². The summed E-state index contributed by atoms with van der Waals surface area (Å²) in [6, 6.07) is 6.37. The predicted molar refractivity (Wildman–Crippen MR) is 93.1 cm³/mol. The first-order valence-corrected chi connectivity index (χ1v) is 8.85. The molecule has 1 fully saturated rings. The van der Waals surface area contributed by atoms with E-state index < -0.39 is 0 Å². The van der Waals surface area contributed by atoms with E-state index in [-0.39, 0.29) is 12.7 Å². The van der Waals surface area contributed by atoms with Crippen LogP contribution < -0.4 is 9.47 Å². The Bertz CT molecular complexity index is 582. The molecule has 1 heterocycles. The molecule has 132 valence electrons. The van der Waals surface area contributed by atoms with Gasteiger partial charge in [-0.05, 0) is 56.3 Å². The molecule has 1 aromatic carbocycles. The molecule has 1 saturated carbocycles. The fourth-order valence-electron chi connectivity index (χ4n) is 3.58. The summed E-state index contributed by atoms with van der Waals surface area (Å²) in [5.41, 5.74) is 1.13. The lowest BCUT2D eigenvalue weighted by molar-refractivity contribution is -0.133. The van der Waals surface area contributed by atoms with E-state index in [1.54, 1.807) is 0 Å². The molecule has 0 N–H and O–H groups in total. The molecule has 3 rings (SSSR count). The van der Waals surface area contributed by atoms with Crippen molar-refractivity contribution in [1.29, 1.82) is 0 Å². The first-order chi connectivity index (χ1) is 11.5. The fraction of sp³-hybridized carbons (Fsp3) is 0.632. The number of carbonyl (C=O) groups excluding carboxylic acids is 1. The average Bonchev–Trinajstić information content (AvgIpc) is 3.02. The van der Waals surface area contributed by atoms with Gasteiger partial charge in [-0.3, -0.25) is 9.69 Å². The Balaban J connectivity index is 1.50. The van der Waals surface area contributed by atoms with E-state index in [0.717, 1.165) is 42.4 Å². The van der Waals surface area contributed by atoms with Crippen LogP contribution in [0.15, 0.2) is 18.2 Å². The minimum Gasteiger partial charge on any atom is -0.454 e. The van der Waals surface area contributed by atoms with Crippen molar-refractivity contribution in [2.75, 3.05) is 27.4 Å². The van der Waals surface area contributed by atoms with Crippen LogP contribution in [0.25, 0.3) is 0 Å². The third-order valence-corrected chi connectivity index (χ3v) is 5.22. The number of rotatable bonds is 5. The molecular weight excluding hydrogens is 304 g/mol. The van der Waals surface area contributed by atoms with Gasteiger partial charge in [0.15, 0.2) is 11.5 Å². The maximum atomic E-state index is 12.6. The lowest BCUT2D eigenvalue weighted by atomic mass is 9.87. The molecule has 1 aliphatic carbocycles. The second-order valence-electron chi connectivity index (χ2n) is 7.28. The van der Waals surface area contributed by atoms with Crippen LogP contribution in [0.5, 0.6) is 11.5 Å². The highest BCUT2D eigenvalue weighted by Gasteiger charge is 2.25. The molecule has 2 aliphatic rings. The Labute approximate surface area is 144 Å². The normalized spacial score (nSPS) is 22.7. The molecule has 0 saturated heterocycles. The monoisotopic (exact) mass is 332 g/mol. The summed E-state index contributed by atoms with van der Waals surface area (Å²) in [5.74, 6) is 2.60. The zero-order valence-corrected chi connectivity index (χ0v) is 15.0. The third kappa shape index (κ3) is 4.01. The number of carbonyl (C=O) groups is 1. The minimum atomic E-state index is 0.206. The standard InChI is InChI=1S/C19H28N2O3/c1-14-4-7-16(8-5-14)21(3)19(22)12-20(2)11-15-6-9-17-18(10-15)24-13-23-17/h6,9-10,14,16H,4-5,7-8,11-13H2,1-3H3. The van der Waals surface area contributed by atoms with Crippen molar-refractivity contribution in [2.24, 2.45) is 5.92 Å². The summed E-state index contributed by atoms with van der Waals surface area (Å²) in [6.07, 6.45) is 4.73. The van der Waals surface area contributed by atoms with Gasteiger partial charge < -0.3 is 14.4 Å². The first-order valence-electron chi connectivity index (χ1n) is 8.85. The van der Waals surface area contributed by atoms with Gasteiger partial charge in [0.25, 0.3) is 0 Å². The van der Waals surface area contributed by atoms with Crippen molar-refractivity contribution in [3.8, 4) is 11.5 Å². The second-order valence-corrected chi connectivity index (χ2v) is 7.28. The molecular formula is C19H28N2O3. The summed E-state index contributed by atoms with van der Waals surface area (Å²) in [5, 5.41) is 0. The van der Waals surface area contributed by atoms with Crippen LogP contribution in [-0.2, 0) is 11.3 Å². The Morgan fingerprint density at radius 2 is 1.83 bits per heavy atom. The first kappa shape index (κ1) is 17.1. The van der Waals surface area contributed by atoms with Gasteiger partial charge >= 0.3 is 0 Å². The van der Waals surface area contributed by atoms with Crippen LogP contribution in [0, 0.1) is 5.92 Å². The Morgan fingerprint density at radius 3 is 2.58 bits per heavy atom. The summed E-state index contributed by atoms with van der Waals surface area (Å²) in [4.78, 5) is 16.6. The summed E-state index contributed by atoms with van der Waals surface area (Å²) in [6.45, 7) is 3.75. The smallest absolute Gasteiger partial charge is 0.236 e. The van der Waals surface area contributed by atoms with Crippen molar-refractivity contribution in [1.82, 2.24) is 9.80 Å². The van der Waals surface area contributed by atoms with Gasteiger partial charge in [-0.25, -0.2) is 0 Å². The van der Waals surface area contributed by atoms with E-state index in [1.165, 1.54) is 12.8 Å². The fourth-order valence-corrected chi connectivity index (χ4v) is 3.58. The summed E-state index contributed by atoms with van der Waals surface area (Å²) in [7, 11) is 3.94. The van der Waals surface area contributed by atoms with Gasteiger partial charge in [-0.2, -0.15) is 0 Å². The van der Waals surface area contributed by atoms with Gasteiger partial charge in [0.05, 0.1) is 6.54 Å². The summed E-state index contributed by atoms with van der Waals surface area (Å²) >= 11 is 0. The molecule has 24 heavy (non-hydrogen) atoms. The number of fused-ring (bicyclic) bond motifs is 1. The number of benzene rings is 1. The van der Waals surface area contributed by atoms with Crippen LogP contribution in [0.2, 0.25) is 0 Å². The molecule has 0 bridgehead atoms. The summed E-state index contributed by atoms with van der Waals surface area (Å²) < 4.78 is 10.7. The largest absolute Gasteiger partial charge is 0.454 e. The van der Waals surface area contributed by atoms with Crippen molar-refractivity contribution in [2.45, 2.75) is 45.2 Å². The third-order valence-electron chi connectivity index (χ3n) is 5.22. The van der Waals surface area contributed by atoms with Crippen LogP contribution in [0.1, 0.15) is 38.2 Å². The minimum absolute atomic E-state index is 0.206. The molecule has 1 amide bonds. The average molecular weight is 332 g/mol. The van der Waals surface area contributed by atoms with Crippen LogP contribution in [-0.4, -0.2) is 49.2 Å². The Hall–Kier alpha value is -1.75. The molecule has 0 radical (unpaired) electrons. The van der Waals surface area contributed by atoms with E-state index in [9.17, 15) is 4.79 Å². The lowest BCUT2D eigenvalue weighted by Crippen LogP contribution is -2.43. The van der Waals surface area contributed by atoms with Gasteiger partial charge in [0.2, 0.25) is 12.7 Å². The number of amides is 1. The molecule has 0 aromatic heterocycles. The van der Waals surface area contributed by atoms with Crippen molar-refractivity contribution < 1.29 is 14.3 Å². The van der Waals surface area contributed by atoms with Gasteiger partial charge in [-0.1, -0.05) is 13.0 Å². The zero-order valence-electron chi connectivity index (χ0n) is 15.0. The SMILES string of the molecule is CC1CCC(N(C)C(=O)CN(C)Cc2ccc3c(c2)OCO3)CC1. The quantitative estimate of drug-likeness (QED) is 0.831. The zero-order chi connectivity index (χ0) is 17.1. The van der Waals surface area contributed by atoms with E-state index in [4.69, 9.17) is 9.47 Å². The van der Waals surface area contributed by atoms with Gasteiger partial charge in [0.1, 0.15) is 0 Å². The maximum absolute atomic E-state index is 12.6. The number of ether oxygens (including phenoxy) is 2.